The van der Waals surface area contributed by atoms with E-state index in [0.29, 0.717) is 0 Å². The summed E-state index contributed by atoms with van der Waals surface area (Å²) in [5.74, 6) is -1.60. The van der Waals surface area contributed by atoms with Gasteiger partial charge in [0.15, 0.2) is 0 Å². The molecule has 0 aromatic heterocycles. The highest BCUT2D eigenvalue weighted by Gasteiger charge is 2.22. The molecule has 0 aliphatic heterocycles. The summed E-state index contributed by atoms with van der Waals surface area (Å²) in [6.07, 6.45) is 2.28. The first kappa shape index (κ1) is 13.8. The molecule has 4 heteroatoms. The minimum absolute atomic E-state index is 0.126. The fourth-order valence-electron chi connectivity index (χ4n) is 0.902. The van der Waals surface area contributed by atoms with Gasteiger partial charge in [-0.05, 0) is 27.2 Å². The van der Waals surface area contributed by atoms with E-state index in [9.17, 15) is 9.59 Å². The summed E-state index contributed by atoms with van der Waals surface area (Å²) in [7, 11) is 0. The average molecular weight is 213 g/mol. The molecule has 0 rings (SSSR count). The minimum Gasteiger partial charge on any atom is -0.465 e. The summed E-state index contributed by atoms with van der Waals surface area (Å²) < 4.78 is 4.78. The Morgan fingerprint density at radius 1 is 1.40 bits per heavy atom. The largest absolute Gasteiger partial charge is 0.465 e. The van der Waals surface area contributed by atoms with E-state index in [1.807, 2.05) is 13.8 Å². The van der Waals surface area contributed by atoms with Crippen LogP contribution in [0.1, 0.15) is 34.1 Å². The maximum atomic E-state index is 11.4. The molecule has 0 aromatic rings. The monoisotopic (exact) mass is 213 g/mol. The van der Waals surface area contributed by atoms with E-state index in [0.717, 1.165) is 6.42 Å². The molecule has 0 amide bonds. The standard InChI is InChI=1S/C11H19NO3/c1-5-8(3)12-7-10(9(4)13)11(14)15-6-2/h7-8,10H,5-6H2,1-4H3. The molecule has 4 nitrogen and oxygen atoms in total. The van der Waals surface area contributed by atoms with E-state index in [-0.39, 0.29) is 18.4 Å². The molecule has 86 valence electrons. The van der Waals surface area contributed by atoms with Gasteiger partial charge in [-0.2, -0.15) is 0 Å². The number of hydrogen-bond donors (Lipinski definition) is 0. The maximum absolute atomic E-state index is 11.4. The molecule has 2 atom stereocenters. The molecule has 0 fully saturated rings. The van der Waals surface area contributed by atoms with Gasteiger partial charge in [-0.3, -0.25) is 14.6 Å². The quantitative estimate of drug-likeness (QED) is 0.383. The van der Waals surface area contributed by atoms with Gasteiger partial charge in [0, 0.05) is 12.3 Å². The predicted molar refractivity (Wildman–Crippen MR) is 59.0 cm³/mol. The number of rotatable bonds is 6. The van der Waals surface area contributed by atoms with Crippen molar-refractivity contribution in [2.24, 2.45) is 10.9 Å². The van der Waals surface area contributed by atoms with Crippen LogP contribution in [0.3, 0.4) is 0 Å². The second kappa shape index (κ2) is 7.15. The molecule has 0 spiro atoms. The number of esters is 1. The number of hydrogen-bond acceptors (Lipinski definition) is 4. The van der Waals surface area contributed by atoms with E-state index in [2.05, 4.69) is 4.99 Å². The third kappa shape index (κ3) is 5.30. The van der Waals surface area contributed by atoms with Crippen molar-refractivity contribution < 1.29 is 14.3 Å². The van der Waals surface area contributed by atoms with E-state index in [4.69, 9.17) is 4.74 Å². The van der Waals surface area contributed by atoms with Gasteiger partial charge in [0.25, 0.3) is 0 Å². The molecule has 15 heavy (non-hydrogen) atoms. The molecule has 0 heterocycles. The Morgan fingerprint density at radius 2 is 2.00 bits per heavy atom. The Bertz CT molecular complexity index is 248. The molecule has 0 bridgehead atoms. The van der Waals surface area contributed by atoms with Crippen LogP contribution >= 0.6 is 0 Å². The van der Waals surface area contributed by atoms with Crippen LogP contribution in [0, 0.1) is 5.92 Å². The maximum Gasteiger partial charge on any atom is 0.321 e. The van der Waals surface area contributed by atoms with Crippen LogP contribution in [0.25, 0.3) is 0 Å². The van der Waals surface area contributed by atoms with Crippen LogP contribution in [0.5, 0.6) is 0 Å². The van der Waals surface area contributed by atoms with Crippen LogP contribution in [0.2, 0.25) is 0 Å². The van der Waals surface area contributed by atoms with E-state index in [1.54, 1.807) is 6.92 Å². The summed E-state index contributed by atoms with van der Waals surface area (Å²) in [5.41, 5.74) is 0. The highest BCUT2D eigenvalue weighted by Crippen LogP contribution is 2.02. The fraction of sp³-hybridized carbons (Fsp3) is 0.727. The molecule has 2 unspecified atom stereocenters. The molecular formula is C11H19NO3. The first-order chi connectivity index (χ1) is 7.02. The highest BCUT2D eigenvalue weighted by molar-refractivity contribution is 6.11. The minimum atomic E-state index is -0.848. The van der Waals surface area contributed by atoms with Gasteiger partial charge >= 0.3 is 5.97 Å². The fourth-order valence-corrected chi connectivity index (χ4v) is 0.902. The van der Waals surface area contributed by atoms with Crippen molar-refractivity contribution in [3.63, 3.8) is 0 Å². The topological polar surface area (TPSA) is 55.7 Å². The molecule has 0 aliphatic rings. The number of carbonyl (C=O) groups excluding carboxylic acids is 2. The smallest absolute Gasteiger partial charge is 0.321 e. The van der Waals surface area contributed by atoms with Gasteiger partial charge in [-0.15, -0.1) is 0 Å². The molecule has 0 saturated heterocycles. The number of carbonyl (C=O) groups is 2. The Labute approximate surface area is 90.7 Å². The van der Waals surface area contributed by atoms with Crippen LogP contribution in [0.15, 0.2) is 4.99 Å². The lowest BCUT2D eigenvalue weighted by Crippen LogP contribution is -2.26. The Balaban J connectivity index is 4.47. The van der Waals surface area contributed by atoms with E-state index >= 15 is 0 Å². The van der Waals surface area contributed by atoms with Crippen molar-refractivity contribution in [1.82, 2.24) is 0 Å². The second-order valence-corrected chi connectivity index (χ2v) is 3.40. The number of aliphatic imine (C=N–C) groups is 1. The zero-order chi connectivity index (χ0) is 11.8. The van der Waals surface area contributed by atoms with Crippen LogP contribution in [-0.4, -0.2) is 30.6 Å². The summed E-state index contributed by atoms with van der Waals surface area (Å²) in [6.45, 7) is 7.28. The SMILES string of the molecule is CCOC(=O)C(C=NC(C)CC)C(C)=O. The van der Waals surface area contributed by atoms with Crippen LogP contribution in [0.4, 0.5) is 0 Å². The summed E-state index contributed by atoms with van der Waals surface area (Å²) in [5, 5.41) is 0. The van der Waals surface area contributed by atoms with Crippen molar-refractivity contribution in [3.8, 4) is 0 Å². The molecule has 0 N–H and O–H groups in total. The van der Waals surface area contributed by atoms with Gasteiger partial charge in [-0.25, -0.2) is 0 Å². The first-order valence-corrected chi connectivity index (χ1v) is 5.23. The van der Waals surface area contributed by atoms with Crippen LogP contribution < -0.4 is 0 Å². The summed E-state index contributed by atoms with van der Waals surface area (Å²) in [4.78, 5) is 26.6. The van der Waals surface area contributed by atoms with Gasteiger partial charge in [-0.1, -0.05) is 6.92 Å². The lowest BCUT2D eigenvalue weighted by Gasteiger charge is -2.08. The van der Waals surface area contributed by atoms with Gasteiger partial charge in [0.05, 0.1) is 6.61 Å². The average Bonchev–Trinajstić information content (AvgIpc) is 2.17. The zero-order valence-corrected chi connectivity index (χ0v) is 9.82. The van der Waals surface area contributed by atoms with E-state index < -0.39 is 11.9 Å². The number of nitrogens with zero attached hydrogens (tertiary/aromatic N) is 1. The van der Waals surface area contributed by atoms with Gasteiger partial charge in [0.2, 0.25) is 0 Å². The normalized spacial score (nSPS) is 14.9. The number of ketones is 1. The highest BCUT2D eigenvalue weighted by atomic mass is 16.5. The predicted octanol–water partition coefficient (Wildman–Crippen LogP) is 1.62. The lowest BCUT2D eigenvalue weighted by atomic mass is 10.1. The van der Waals surface area contributed by atoms with E-state index in [1.165, 1.54) is 13.1 Å². The molecule has 0 aromatic carbocycles. The van der Waals surface area contributed by atoms with Crippen molar-refractivity contribution in [1.29, 1.82) is 0 Å². The molecule has 0 radical (unpaired) electrons. The Kier molecular flexibility index (Phi) is 6.58. The third-order valence-corrected chi connectivity index (χ3v) is 2.06. The summed E-state index contributed by atoms with van der Waals surface area (Å²) in [6, 6.07) is 0.126. The van der Waals surface area contributed by atoms with Gasteiger partial charge < -0.3 is 4.74 Å². The lowest BCUT2D eigenvalue weighted by molar-refractivity contribution is -0.148. The zero-order valence-electron chi connectivity index (χ0n) is 9.82. The van der Waals surface area contributed by atoms with Crippen molar-refractivity contribution in [3.05, 3.63) is 0 Å². The molecule has 0 saturated carbocycles. The third-order valence-electron chi connectivity index (χ3n) is 2.06. The van der Waals surface area contributed by atoms with Crippen molar-refractivity contribution >= 4 is 18.0 Å². The van der Waals surface area contributed by atoms with Crippen molar-refractivity contribution in [2.45, 2.75) is 40.2 Å². The first-order valence-electron chi connectivity index (χ1n) is 5.23. The van der Waals surface area contributed by atoms with Crippen molar-refractivity contribution in [2.75, 3.05) is 6.61 Å². The second-order valence-electron chi connectivity index (χ2n) is 3.40. The Morgan fingerprint density at radius 3 is 2.40 bits per heavy atom. The van der Waals surface area contributed by atoms with Gasteiger partial charge in [0.1, 0.15) is 11.7 Å². The van der Waals surface area contributed by atoms with Crippen LogP contribution in [-0.2, 0) is 14.3 Å². The Hall–Kier alpha value is -1.19. The number of Topliss-reactive ketones (excluding diaryl/α,β-unsaturated/α-hetero) is 1. The molecular weight excluding hydrogens is 194 g/mol. The summed E-state index contributed by atoms with van der Waals surface area (Å²) >= 11 is 0. The molecule has 0 aliphatic carbocycles. The number of ether oxygens (including phenoxy) is 1.